The summed E-state index contributed by atoms with van der Waals surface area (Å²) in [4.78, 5) is 28.2. The highest BCUT2D eigenvalue weighted by Crippen LogP contribution is 2.50. The molecule has 0 aromatic carbocycles. The van der Waals surface area contributed by atoms with Gasteiger partial charge in [-0.3, -0.25) is 4.57 Å². The van der Waals surface area contributed by atoms with Crippen molar-refractivity contribution >= 4 is 19.7 Å². The van der Waals surface area contributed by atoms with Gasteiger partial charge in [-0.25, -0.2) is 9.59 Å². The zero-order valence-corrected chi connectivity index (χ0v) is 17.5. The monoisotopic (exact) mass is 396 g/mol. The van der Waals surface area contributed by atoms with Gasteiger partial charge in [0.15, 0.2) is 0 Å². The minimum Gasteiger partial charge on any atom is -0.444 e. The van der Waals surface area contributed by atoms with Crippen LogP contribution in [0.3, 0.4) is 0 Å². The van der Waals surface area contributed by atoms with Crippen molar-refractivity contribution in [1.29, 1.82) is 0 Å². The molecule has 0 bridgehead atoms. The van der Waals surface area contributed by atoms with Gasteiger partial charge in [-0.05, 0) is 54.4 Å². The Bertz CT molecular complexity index is 497. The molecular weight excluding hydrogens is 363 g/mol. The van der Waals surface area contributed by atoms with Crippen LogP contribution in [0.15, 0.2) is 0 Å². The smallest absolute Gasteiger partial charge is 0.407 e. The number of amides is 1. The molecule has 0 rings (SSSR count). The first-order chi connectivity index (χ1) is 11.9. The van der Waals surface area contributed by atoms with E-state index < -0.39 is 30.7 Å². The van der Waals surface area contributed by atoms with Crippen LogP contribution >= 0.6 is 7.60 Å². The first kappa shape index (κ1) is 24.8. The van der Waals surface area contributed by atoms with E-state index in [1.54, 1.807) is 41.5 Å². The molecule has 1 unspecified atom stereocenters. The molecule has 0 aliphatic rings. The molecule has 0 saturated carbocycles. The molecule has 154 valence electrons. The summed E-state index contributed by atoms with van der Waals surface area (Å²) in [7, 11) is -3.31. The summed E-state index contributed by atoms with van der Waals surface area (Å²) in [6.07, 6.45) is -0.168. The van der Waals surface area contributed by atoms with E-state index in [1.165, 1.54) is 0 Å². The molecule has 0 saturated heterocycles. The molecule has 0 aliphatic carbocycles. The quantitative estimate of drug-likeness (QED) is 0.403. The molecular formula is C16H33N2O7P. The molecule has 0 spiro atoms. The van der Waals surface area contributed by atoms with Gasteiger partial charge in [-0.2, -0.15) is 5.90 Å². The molecule has 9 nitrogen and oxygen atoms in total. The zero-order valence-electron chi connectivity index (χ0n) is 16.6. The maximum atomic E-state index is 12.6. The molecule has 0 radical (unpaired) electrons. The lowest BCUT2D eigenvalue weighted by Gasteiger charge is -2.28. The number of hydrogen-bond donors (Lipinski definition) is 2. The van der Waals surface area contributed by atoms with Gasteiger partial charge in [0, 0.05) is 6.54 Å². The van der Waals surface area contributed by atoms with E-state index in [0.29, 0.717) is 0 Å². The third-order valence-corrected chi connectivity index (χ3v) is 5.61. The van der Waals surface area contributed by atoms with Crippen LogP contribution in [0.4, 0.5) is 4.79 Å². The summed E-state index contributed by atoms with van der Waals surface area (Å²) in [5.74, 6) is 4.37. The van der Waals surface area contributed by atoms with Crippen molar-refractivity contribution in [2.75, 3.05) is 25.9 Å². The van der Waals surface area contributed by atoms with Crippen molar-refractivity contribution in [3.8, 4) is 0 Å². The molecule has 0 aromatic rings. The predicted octanol–water partition coefficient (Wildman–Crippen LogP) is 2.98. The van der Waals surface area contributed by atoms with Crippen molar-refractivity contribution in [2.24, 2.45) is 11.3 Å². The van der Waals surface area contributed by atoms with Gasteiger partial charge in [-0.1, -0.05) is 0 Å². The fourth-order valence-electron chi connectivity index (χ4n) is 2.17. The average molecular weight is 396 g/mol. The number of rotatable bonds is 11. The number of carbonyl (C=O) groups excluding carboxylic acids is 2. The molecule has 0 aliphatic heterocycles. The fraction of sp³-hybridized carbons (Fsp3) is 0.875. The maximum Gasteiger partial charge on any atom is 0.407 e. The first-order valence-corrected chi connectivity index (χ1v) is 10.4. The van der Waals surface area contributed by atoms with Crippen LogP contribution in [0.25, 0.3) is 0 Å². The Hall–Kier alpha value is -1.15. The highest BCUT2D eigenvalue weighted by Gasteiger charge is 2.38. The predicted molar refractivity (Wildman–Crippen MR) is 97.6 cm³/mol. The van der Waals surface area contributed by atoms with Gasteiger partial charge in [0.25, 0.3) is 0 Å². The van der Waals surface area contributed by atoms with Crippen LogP contribution in [-0.4, -0.2) is 43.6 Å². The molecule has 0 heterocycles. The van der Waals surface area contributed by atoms with Gasteiger partial charge in [0.1, 0.15) is 5.60 Å². The van der Waals surface area contributed by atoms with Crippen LogP contribution in [0.2, 0.25) is 0 Å². The normalized spacial score (nSPS) is 14.4. The topological polar surface area (TPSA) is 126 Å². The highest BCUT2D eigenvalue weighted by atomic mass is 31.2. The molecule has 10 heteroatoms. The number of nitrogens with one attached hydrogen (secondary N) is 1. The average Bonchev–Trinajstić information content (AvgIpc) is 2.51. The third kappa shape index (κ3) is 9.52. The van der Waals surface area contributed by atoms with E-state index >= 15 is 0 Å². The summed E-state index contributed by atoms with van der Waals surface area (Å²) in [5.41, 5.74) is -1.68. The Morgan fingerprint density at radius 3 is 2.00 bits per heavy atom. The Morgan fingerprint density at radius 2 is 1.58 bits per heavy atom. The second kappa shape index (κ2) is 10.9. The molecule has 26 heavy (non-hydrogen) atoms. The lowest BCUT2D eigenvalue weighted by molar-refractivity contribution is -0.156. The van der Waals surface area contributed by atoms with Crippen molar-refractivity contribution in [2.45, 2.75) is 60.0 Å². The van der Waals surface area contributed by atoms with Gasteiger partial charge in [-0.15, -0.1) is 0 Å². The number of carbonyl (C=O) groups is 2. The summed E-state index contributed by atoms with van der Waals surface area (Å²) in [6, 6.07) is 0. The molecule has 1 amide bonds. The standard InChI is InChI=1S/C16H33N2O7P/c1-7-22-26(21,23-8-2)12-10-16(6,13(19)25-17)9-11-18-14(20)24-15(3,4)5/h7-12,17H2,1-6H3,(H,18,20). The summed E-state index contributed by atoms with van der Waals surface area (Å²) in [5, 5.41) is 2.58. The highest BCUT2D eigenvalue weighted by molar-refractivity contribution is 7.53. The molecule has 0 aromatic heterocycles. The van der Waals surface area contributed by atoms with Crippen LogP contribution < -0.4 is 11.2 Å². The summed E-state index contributed by atoms with van der Waals surface area (Å²) >= 11 is 0. The van der Waals surface area contributed by atoms with E-state index in [4.69, 9.17) is 19.7 Å². The number of alkyl carbamates (subject to hydrolysis) is 1. The van der Waals surface area contributed by atoms with Crippen molar-refractivity contribution in [3.63, 3.8) is 0 Å². The SMILES string of the molecule is CCOP(=O)(CCC(C)(CCNC(=O)OC(C)(C)C)C(=O)ON)OCC. The van der Waals surface area contributed by atoms with E-state index in [-0.39, 0.29) is 38.8 Å². The third-order valence-electron chi connectivity index (χ3n) is 3.53. The Kier molecular flexibility index (Phi) is 10.4. The minimum atomic E-state index is -3.31. The Morgan fingerprint density at radius 1 is 1.04 bits per heavy atom. The van der Waals surface area contributed by atoms with E-state index in [2.05, 4.69) is 10.2 Å². The second-order valence-electron chi connectivity index (χ2n) is 7.06. The molecule has 0 fully saturated rings. The maximum absolute atomic E-state index is 12.6. The summed E-state index contributed by atoms with van der Waals surface area (Å²) < 4.78 is 28.2. The molecule has 3 N–H and O–H groups in total. The Balaban J connectivity index is 4.87. The van der Waals surface area contributed by atoms with E-state index in [9.17, 15) is 14.2 Å². The van der Waals surface area contributed by atoms with E-state index in [1.807, 2.05) is 0 Å². The largest absolute Gasteiger partial charge is 0.444 e. The van der Waals surface area contributed by atoms with Gasteiger partial charge < -0.3 is 23.9 Å². The van der Waals surface area contributed by atoms with Crippen LogP contribution in [-0.2, 0) is 28.0 Å². The van der Waals surface area contributed by atoms with E-state index in [0.717, 1.165) is 0 Å². The minimum absolute atomic E-state index is 0.0344. The van der Waals surface area contributed by atoms with Crippen molar-refractivity contribution < 1.29 is 32.8 Å². The lowest BCUT2D eigenvalue weighted by atomic mass is 9.84. The fourth-order valence-corrected chi connectivity index (χ4v) is 4.06. The van der Waals surface area contributed by atoms with Crippen molar-refractivity contribution in [3.05, 3.63) is 0 Å². The second-order valence-corrected chi connectivity index (χ2v) is 9.25. The number of nitrogens with two attached hydrogens (primary N) is 1. The van der Waals surface area contributed by atoms with Crippen LogP contribution in [0.5, 0.6) is 0 Å². The van der Waals surface area contributed by atoms with Gasteiger partial charge in [0.05, 0.1) is 24.8 Å². The van der Waals surface area contributed by atoms with Crippen LogP contribution in [0.1, 0.15) is 54.4 Å². The number of hydrogen-bond acceptors (Lipinski definition) is 8. The van der Waals surface area contributed by atoms with Crippen molar-refractivity contribution in [1.82, 2.24) is 5.32 Å². The summed E-state index contributed by atoms with van der Waals surface area (Å²) in [6.45, 7) is 10.9. The molecule has 1 atom stereocenters. The van der Waals surface area contributed by atoms with Gasteiger partial charge >= 0.3 is 19.7 Å². The van der Waals surface area contributed by atoms with Gasteiger partial charge in [0.2, 0.25) is 0 Å². The Labute approximate surface area is 155 Å². The lowest BCUT2D eigenvalue weighted by Crippen LogP contribution is -2.38. The first-order valence-electron chi connectivity index (χ1n) is 8.67. The zero-order chi connectivity index (χ0) is 20.4. The number of ether oxygens (including phenoxy) is 1. The van der Waals surface area contributed by atoms with Crippen LogP contribution in [0, 0.1) is 5.41 Å².